The smallest absolute Gasteiger partial charge is 0.415 e. The summed E-state index contributed by atoms with van der Waals surface area (Å²) in [5.74, 6) is 2.36. The van der Waals surface area contributed by atoms with Gasteiger partial charge in [0.2, 0.25) is 0 Å². The molecule has 2 heterocycles. The third-order valence-electron chi connectivity index (χ3n) is 6.10. The zero-order chi connectivity index (χ0) is 20.0. The number of carbonyl (C=O) groups excluding carboxylic acids is 1. The Morgan fingerprint density at radius 2 is 1.52 bits per heavy atom. The number of ether oxygens (including phenoxy) is 1. The SMILES string of the molecule is O=C(OCc1ccccc1)[N+]1(CCC2(c3ccccc3)SCCS2)CCCCC1. The minimum Gasteiger partial charge on any atom is -0.415 e. The molecule has 0 aromatic heterocycles. The first-order chi connectivity index (χ1) is 14.2. The highest BCUT2D eigenvalue weighted by atomic mass is 32.2. The molecule has 0 radical (unpaired) electrons. The summed E-state index contributed by atoms with van der Waals surface area (Å²) in [6, 6.07) is 20.9. The standard InChI is InChI=1S/C24H30NO2S2/c26-23(27-20-21-10-4-1-5-11-21)25(15-8-3-9-16-25)17-14-24(28-18-19-29-24)22-12-6-2-7-13-22/h1-2,4-7,10-13H,3,8-9,14-20H2/q+1. The van der Waals surface area contributed by atoms with Crippen LogP contribution in [0.5, 0.6) is 0 Å². The van der Waals surface area contributed by atoms with Crippen molar-refractivity contribution in [2.24, 2.45) is 0 Å². The first kappa shape index (κ1) is 20.8. The molecule has 0 atom stereocenters. The molecule has 4 rings (SSSR count). The summed E-state index contributed by atoms with van der Waals surface area (Å²) in [6.07, 6.45) is 4.41. The van der Waals surface area contributed by atoms with Crippen LogP contribution in [0, 0.1) is 0 Å². The highest BCUT2D eigenvalue weighted by molar-refractivity contribution is 8.20. The summed E-state index contributed by atoms with van der Waals surface area (Å²) < 4.78 is 6.41. The maximum atomic E-state index is 13.3. The van der Waals surface area contributed by atoms with Crippen LogP contribution < -0.4 is 0 Å². The van der Waals surface area contributed by atoms with Crippen LogP contribution in [-0.2, 0) is 15.4 Å². The minimum absolute atomic E-state index is 0.0373. The number of likely N-dealkylation sites (tertiary alicyclic amines) is 1. The Morgan fingerprint density at radius 3 is 2.17 bits per heavy atom. The maximum absolute atomic E-state index is 13.3. The van der Waals surface area contributed by atoms with E-state index in [-0.39, 0.29) is 10.2 Å². The van der Waals surface area contributed by atoms with E-state index in [9.17, 15) is 4.79 Å². The predicted molar refractivity (Wildman–Crippen MR) is 123 cm³/mol. The first-order valence-corrected chi connectivity index (χ1v) is 12.6. The van der Waals surface area contributed by atoms with Gasteiger partial charge in [0.25, 0.3) is 0 Å². The van der Waals surface area contributed by atoms with Gasteiger partial charge in [-0.3, -0.25) is 0 Å². The van der Waals surface area contributed by atoms with E-state index in [2.05, 4.69) is 53.9 Å². The summed E-state index contributed by atoms with van der Waals surface area (Å²) in [7, 11) is 0. The summed E-state index contributed by atoms with van der Waals surface area (Å²) in [4.78, 5) is 13.3. The first-order valence-electron chi connectivity index (χ1n) is 10.6. The van der Waals surface area contributed by atoms with Crippen LogP contribution >= 0.6 is 23.5 Å². The molecule has 0 unspecified atom stereocenters. The van der Waals surface area contributed by atoms with Crippen LogP contribution in [0.3, 0.4) is 0 Å². The van der Waals surface area contributed by atoms with E-state index in [0.29, 0.717) is 11.1 Å². The van der Waals surface area contributed by atoms with E-state index in [1.54, 1.807) is 0 Å². The van der Waals surface area contributed by atoms with Gasteiger partial charge in [-0.05, 0) is 30.4 Å². The van der Waals surface area contributed by atoms with Gasteiger partial charge in [-0.25, -0.2) is 4.48 Å². The van der Waals surface area contributed by atoms with Gasteiger partial charge < -0.3 is 4.74 Å². The normalized spacial score (nSPS) is 20.3. The molecule has 0 aliphatic carbocycles. The molecule has 2 aromatic rings. The van der Waals surface area contributed by atoms with E-state index in [4.69, 9.17) is 4.74 Å². The fourth-order valence-corrected chi connectivity index (χ4v) is 7.67. The lowest BCUT2D eigenvalue weighted by atomic mass is 10.0. The minimum atomic E-state index is -0.0373. The van der Waals surface area contributed by atoms with Crippen molar-refractivity contribution in [3.05, 3.63) is 71.8 Å². The van der Waals surface area contributed by atoms with Crippen molar-refractivity contribution in [2.75, 3.05) is 31.1 Å². The molecular formula is C24H30NO2S2+. The van der Waals surface area contributed by atoms with Crippen LogP contribution in [0.25, 0.3) is 0 Å². The topological polar surface area (TPSA) is 26.3 Å². The van der Waals surface area contributed by atoms with Crippen molar-refractivity contribution < 1.29 is 14.0 Å². The molecule has 1 amide bonds. The molecule has 0 spiro atoms. The fourth-order valence-electron chi connectivity index (χ4n) is 4.43. The van der Waals surface area contributed by atoms with Gasteiger partial charge in [-0.15, -0.1) is 23.5 Å². The number of quaternary nitrogens is 1. The Balaban J connectivity index is 1.48. The monoisotopic (exact) mass is 428 g/mol. The number of piperidine rings is 1. The van der Waals surface area contributed by atoms with Gasteiger partial charge in [0.1, 0.15) is 6.61 Å². The second kappa shape index (κ2) is 9.59. The second-order valence-corrected chi connectivity index (χ2v) is 11.0. The third kappa shape index (κ3) is 4.84. The van der Waals surface area contributed by atoms with Crippen LogP contribution in [0.1, 0.15) is 36.8 Å². The maximum Gasteiger partial charge on any atom is 0.516 e. The Labute approximate surface area is 182 Å². The van der Waals surface area contributed by atoms with Crippen molar-refractivity contribution >= 4 is 29.6 Å². The lowest BCUT2D eigenvalue weighted by molar-refractivity contribution is -0.863. The van der Waals surface area contributed by atoms with E-state index < -0.39 is 0 Å². The highest BCUT2D eigenvalue weighted by Gasteiger charge is 2.45. The number of amides is 1. The zero-order valence-electron chi connectivity index (χ0n) is 16.9. The van der Waals surface area contributed by atoms with Gasteiger partial charge in [0.05, 0.1) is 23.7 Å². The highest BCUT2D eigenvalue weighted by Crippen LogP contribution is 2.54. The van der Waals surface area contributed by atoms with Crippen LogP contribution in [0.15, 0.2) is 60.7 Å². The molecule has 154 valence electrons. The molecule has 2 saturated heterocycles. The van der Waals surface area contributed by atoms with Crippen LogP contribution in [0.2, 0.25) is 0 Å². The van der Waals surface area contributed by atoms with Gasteiger partial charge >= 0.3 is 6.09 Å². The Hall–Kier alpha value is -1.43. The van der Waals surface area contributed by atoms with Crippen LogP contribution in [0.4, 0.5) is 4.79 Å². The summed E-state index contributed by atoms with van der Waals surface area (Å²) in [6.45, 7) is 3.05. The van der Waals surface area contributed by atoms with Crippen molar-refractivity contribution in [1.29, 1.82) is 0 Å². The Kier molecular flexibility index (Phi) is 6.88. The number of hydrogen-bond donors (Lipinski definition) is 0. The zero-order valence-corrected chi connectivity index (χ0v) is 18.6. The molecule has 2 aliphatic heterocycles. The van der Waals surface area contributed by atoms with Gasteiger partial charge in [-0.2, -0.15) is 4.79 Å². The van der Waals surface area contributed by atoms with Gasteiger partial charge in [0.15, 0.2) is 0 Å². The number of nitrogens with zero attached hydrogens (tertiary/aromatic N) is 1. The summed E-state index contributed by atoms with van der Waals surface area (Å²) >= 11 is 4.11. The number of carbonyl (C=O) groups is 1. The number of rotatable bonds is 6. The Bertz CT molecular complexity index is 785. The van der Waals surface area contributed by atoms with E-state index in [1.807, 2.05) is 30.3 Å². The molecule has 2 fully saturated rings. The lowest BCUT2D eigenvalue weighted by Gasteiger charge is -2.39. The van der Waals surface area contributed by atoms with Crippen molar-refractivity contribution in [1.82, 2.24) is 0 Å². The van der Waals surface area contributed by atoms with Crippen molar-refractivity contribution in [3.63, 3.8) is 0 Å². The lowest BCUT2D eigenvalue weighted by Crippen LogP contribution is -2.57. The van der Waals surface area contributed by atoms with E-state index >= 15 is 0 Å². The third-order valence-corrected chi connectivity index (χ3v) is 9.70. The van der Waals surface area contributed by atoms with E-state index in [1.165, 1.54) is 23.5 Å². The number of thioether (sulfide) groups is 2. The van der Waals surface area contributed by atoms with Gasteiger partial charge in [0, 0.05) is 17.9 Å². The average molecular weight is 429 g/mol. The molecular weight excluding hydrogens is 398 g/mol. The summed E-state index contributed by atoms with van der Waals surface area (Å²) in [5.41, 5.74) is 2.44. The molecule has 5 heteroatoms. The Morgan fingerprint density at radius 1 is 0.897 bits per heavy atom. The van der Waals surface area contributed by atoms with E-state index in [0.717, 1.165) is 44.5 Å². The molecule has 2 aliphatic rings. The van der Waals surface area contributed by atoms with Crippen molar-refractivity contribution in [3.8, 4) is 0 Å². The molecule has 0 bridgehead atoms. The predicted octanol–water partition coefficient (Wildman–Crippen LogP) is 6.05. The van der Waals surface area contributed by atoms with Gasteiger partial charge in [-0.1, -0.05) is 60.7 Å². The number of benzene rings is 2. The molecule has 2 aromatic carbocycles. The molecule has 29 heavy (non-hydrogen) atoms. The largest absolute Gasteiger partial charge is 0.516 e. The number of hydrogen-bond acceptors (Lipinski definition) is 4. The molecule has 0 saturated carbocycles. The molecule has 0 N–H and O–H groups in total. The summed E-state index contributed by atoms with van der Waals surface area (Å²) in [5, 5.41) is 0. The van der Waals surface area contributed by atoms with Crippen LogP contribution in [-0.4, -0.2) is 41.7 Å². The second-order valence-electron chi connectivity index (χ2n) is 7.98. The van der Waals surface area contributed by atoms with Crippen molar-refractivity contribution in [2.45, 2.75) is 36.4 Å². The molecule has 3 nitrogen and oxygen atoms in total. The average Bonchev–Trinajstić information content (AvgIpc) is 3.28. The fraction of sp³-hybridized carbons (Fsp3) is 0.458. The quantitative estimate of drug-likeness (QED) is 0.524.